The molecule has 4 heterocycles. The van der Waals surface area contributed by atoms with Crippen molar-refractivity contribution in [3.05, 3.63) is 46.2 Å². The number of nitrogens with zero attached hydrogens (tertiary/aromatic N) is 6. The fraction of sp³-hybridized carbons (Fsp3) is 0.562. The smallest absolute Gasteiger partial charge is 0.251 e. The SMILES string of the molecule is C[C@H](Oc1cc(N2CCC(F)(F)CC2)nc(-c2noc3c2CCC[C@@]32CCc3ccc(N)c(C#N)c32)n1)[C@@H]1CCCN1C. The molecule has 0 amide bonds. The normalized spacial score (nSPS) is 25.4. The highest BCUT2D eigenvalue weighted by Gasteiger charge is 2.49. The van der Waals surface area contributed by atoms with Gasteiger partial charge in [0, 0.05) is 49.3 Å². The van der Waals surface area contributed by atoms with Gasteiger partial charge < -0.3 is 19.9 Å². The third-order valence-corrected chi connectivity index (χ3v) is 10.1. The average molecular weight is 590 g/mol. The number of aryl methyl sites for hydroxylation is 1. The molecule has 2 aliphatic carbocycles. The standard InChI is InChI=1S/C32H37F2N7O2/c1-19(24-6-4-14-40(24)2)42-26-17-25(41-15-12-32(33,34)13-16-41)37-30(38-26)28-21-5-3-10-31(29(21)43-39-28)11-9-20-7-8-23(36)22(18-35)27(20)31/h7-8,17,19,24H,3-6,9-16,36H2,1-2H3/t19-,24-,31-/m0/s1. The molecule has 2 fully saturated rings. The second-order valence-electron chi connectivity index (χ2n) is 12.7. The molecule has 4 aliphatic rings. The second-order valence-corrected chi connectivity index (χ2v) is 12.7. The largest absolute Gasteiger partial charge is 0.473 e. The Labute approximate surface area is 250 Å². The van der Waals surface area contributed by atoms with Gasteiger partial charge in [-0.15, -0.1) is 0 Å². The van der Waals surface area contributed by atoms with Crippen molar-refractivity contribution in [2.75, 3.05) is 37.3 Å². The first kappa shape index (κ1) is 28.0. The van der Waals surface area contributed by atoms with Crippen LogP contribution in [0.1, 0.15) is 79.9 Å². The summed E-state index contributed by atoms with van der Waals surface area (Å²) in [4.78, 5) is 13.9. The van der Waals surface area contributed by atoms with Crippen molar-refractivity contribution >= 4 is 11.5 Å². The molecule has 43 heavy (non-hydrogen) atoms. The lowest BCUT2D eigenvalue weighted by molar-refractivity contribution is -0.0221. The predicted molar refractivity (Wildman–Crippen MR) is 157 cm³/mol. The van der Waals surface area contributed by atoms with E-state index < -0.39 is 11.3 Å². The number of anilines is 2. The number of aromatic nitrogens is 3. The Morgan fingerprint density at radius 1 is 1.12 bits per heavy atom. The minimum atomic E-state index is -2.67. The number of fused-ring (bicyclic) bond motifs is 4. The Morgan fingerprint density at radius 3 is 2.67 bits per heavy atom. The highest BCUT2D eigenvalue weighted by atomic mass is 19.3. The molecular weight excluding hydrogens is 552 g/mol. The zero-order valence-electron chi connectivity index (χ0n) is 24.7. The van der Waals surface area contributed by atoms with Crippen molar-refractivity contribution in [3.63, 3.8) is 0 Å². The zero-order valence-corrected chi connectivity index (χ0v) is 24.7. The third kappa shape index (κ3) is 4.71. The van der Waals surface area contributed by atoms with Crippen LogP contribution in [0.4, 0.5) is 20.3 Å². The second kappa shape index (κ2) is 10.4. The Balaban J connectivity index is 1.30. The summed E-state index contributed by atoms with van der Waals surface area (Å²) in [5.41, 5.74) is 10.3. The first-order valence-electron chi connectivity index (χ1n) is 15.4. The first-order valence-corrected chi connectivity index (χ1v) is 15.4. The highest BCUT2D eigenvalue weighted by molar-refractivity contribution is 5.68. The summed E-state index contributed by atoms with van der Waals surface area (Å²) in [6, 6.07) is 8.21. The molecule has 9 nitrogen and oxygen atoms in total. The number of alkyl halides is 2. The molecule has 2 saturated heterocycles. The molecule has 1 aromatic carbocycles. The Hall–Kier alpha value is -3.78. The van der Waals surface area contributed by atoms with Gasteiger partial charge in [-0.2, -0.15) is 10.2 Å². The van der Waals surface area contributed by atoms with E-state index in [9.17, 15) is 14.0 Å². The maximum atomic E-state index is 14.0. The number of ether oxygens (including phenoxy) is 1. The molecule has 7 rings (SSSR count). The number of nitrogens with two attached hydrogens (primary N) is 1. The van der Waals surface area contributed by atoms with Crippen LogP contribution in [-0.4, -0.2) is 64.8 Å². The zero-order chi connectivity index (χ0) is 29.9. The Morgan fingerprint density at radius 2 is 1.93 bits per heavy atom. The van der Waals surface area contributed by atoms with Gasteiger partial charge >= 0.3 is 0 Å². The Bertz CT molecular complexity index is 1590. The average Bonchev–Trinajstić information content (AvgIpc) is 3.71. The van der Waals surface area contributed by atoms with Crippen molar-refractivity contribution in [2.45, 2.75) is 88.2 Å². The number of hydrogen-bond donors (Lipinski definition) is 1. The molecule has 2 aliphatic heterocycles. The van der Waals surface area contributed by atoms with Crippen molar-refractivity contribution in [1.82, 2.24) is 20.0 Å². The van der Waals surface area contributed by atoms with Gasteiger partial charge in [-0.1, -0.05) is 11.2 Å². The summed E-state index contributed by atoms with van der Waals surface area (Å²) in [6.07, 6.45) is 5.69. The molecule has 3 atom stereocenters. The van der Waals surface area contributed by atoms with Crippen LogP contribution in [0.5, 0.6) is 5.88 Å². The van der Waals surface area contributed by atoms with Gasteiger partial charge in [0.25, 0.3) is 5.92 Å². The molecular formula is C32H37F2N7O2. The van der Waals surface area contributed by atoms with E-state index >= 15 is 0 Å². The molecule has 0 saturated carbocycles. The van der Waals surface area contributed by atoms with Gasteiger partial charge in [0.15, 0.2) is 17.3 Å². The van der Waals surface area contributed by atoms with Crippen LogP contribution in [0.25, 0.3) is 11.5 Å². The van der Waals surface area contributed by atoms with E-state index in [2.05, 4.69) is 23.2 Å². The van der Waals surface area contributed by atoms with Gasteiger partial charge in [0.05, 0.1) is 11.0 Å². The van der Waals surface area contributed by atoms with Crippen LogP contribution >= 0.6 is 0 Å². The van der Waals surface area contributed by atoms with Gasteiger partial charge in [0.2, 0.25) is 5.88 Å². The number of likely N-dealkylation sites (tertiary alicyclic amines) is 1. The van der Waals surface area contributed by atoms with Crippen LogP contribution < -0.4 is 15.4 Å². The van der Waals surface area contributed by atoms with Crippen LogP contribution in [0.3, 0.4) is 0 Å². The summed E-state index contributed by atoms with van der Waals surface area (Å²) in [7, 11) is 2.10. The lowest BCUT2D eigenvalue weighted by atomic mass is 9.68. The van der Waals surface area contributed by atoms with Gasteiger partial charge in [-0.25, -0.2) is 13.8 Å². The van der Waals surface area contributed by atoms with Crippen molar-refractivity contribution in [1.29, 1.82) is 5.26 Å². The number of likely N-dealkylation sites (N-methyl/N-ethyl adjacent to an activating group) is 1. The fourth-order valence-corrected chi connectivity index (χ4v) is 7.86. The van der Waals surface area contributed by atoms with Crippen LogP contribution in [0.2, 0.25) is 0 Å². The summed E-state index contributed by atoms with van der Waals surface area (Å²) in [6.45, 7) is 3.46. The molecule has 2 N–H and O–H groups in total. The fourth-order valence-electron chi connectivity index (χ4n) is 7.86. The monoisotopic (exact) mass is 589 g/mol. The van der Waals surface area contributed by atoms with E-state index in [0.29, 0.717) is 34.5 Å². The van der Waals surface area contributed by atoms with E-state index in [1.807, 2.05) is 24.0 Å². The molecule has 3 aromatic rings. The summed E-state index contributed by atoms with van der Waals surface area (Å²) >= 11 is 0. The van der Waals surface area contributed by atoms with Crippen LogP contribution in [0.15, 0.2) is 22.7 Å². The van der Waals surface area contributed by atoms with Crippen molar-refractivity contribution in [2.24, 2.45) is 0 Å². The number of hydrogen-bond acceptors (Lipinski definition) is 9. The number of piperidine rings is 1. The lowest BCUT2D eigenvalue weighted by Gasteiger charge is -2.33. The summed E-state index contributed by atoms with van der Waals surface area (Å²) in [5.74, 6) is -0.598. The van der Waals surface area contributed by atoms with E-state index in [0.717, 1.165) is 73.9 Å². The van der Waals surface area contributed by atoms with E-state index in [-0.39, 0.29) is 38.1 Å². The minimum absolute atomic E-state index is 0.117. The molecule has 226 valence electrons. The molecule has 11 heteroatoms. The number of benzene rings is 1. The van der Waals surface area contributed by atoms with Gasteiger partial charge in [0.1, 0.15) is 18.0 Å². The lowest BCUT2D eigenvalue weighted by Crippen LogP contribution is -2.40. The van der Waals surface area contributed by atoms with Crippen molar-refractivity contribution in [3.8, 4) is 23.5 Å². The van der Waals surface area contributed by atoms with Crippen LogP contribution in [-0.2, 0) is 18.3 Å². The summed E-state index contributed by atoms with van der Waals surface area (Å²) in [5, 5.41) is 14.6. The number of halogens is 2. The van der Waals surface area contributed by atoms with E-state index in [1.165, 1.54) is 0 Å². The van der Waals surface area contributed by atoms with Gasteiger partial charge in [-0.3, -0.25) is 4.90 Å². The first-order chi connectivity index (χ1) is 20.7. The quantitative estimate of drug-likeness (QED) is 0.398. The molecule has 0 radical (unpaired) electrons. The van der Waals surface area contributed by atoms with E-state index in [1.54, 1.807) is 6.07 Å². The van der Waals surface area contributed by atoms with Crippen LogP contribution in [0, 0.1) is 11.3 Å². The molecule has 1 spiro atoms. The predicted octanol–water partition coefficient (Wildman–Crippen LogP) is 5.25. The third-order valence-electron chi connectivity index (χ3n) is 10.1. The minimum Gasteiger partial charge on any atom is -0.473 e. The Kier molecular flexibility index (Phi) is 6.80. The molecule has 0 unspecified atom stereocenters. The summed E-state index contributed by atoms with van der Waals surface area (Å²) < 4.78 is 40.7. The number of nitriles is 1. The molecule has 0 bridgehead atoms. The molecule has 2 aromatic heterocycles. The van der Waals surface area contributed by atoms with E-state index in [4.69, 9.17) is 25.0 Å². The van der Waals surface area contributed by atoms with Crippen molar-refractivity contribution < 1.29 is 18.0 Å². The highest BCUT2D eigenvalue weighted by Crippen LogP contribution is 2.54. The maximum absolute atomic E-state index is 14.0. The van der Waals surface area contributed by atoms with Gasteiger partial charge in [-0.05, 0) is 82.7 Å². The number of rotatable bonds is 5. The topological polar surface area (TPSA) is 117 Å². The maximum Gasteiger partial charge on any atom is 0.251 e. The number of nitrogen functional groups attached to an aromatic ring is 1.